The number of ketones is 1. The van der Waals surface area contributed by atoms with Crippen molar-refractivity contribution in [3.8, 4) is 11.5 Å². The molecule has 1 aliphatic carbocycles. The lowest BCUT2D eigenvalue weighted by Gasteiger charge is -2.58. The average molecular weight is 394 g/mol. The molecule has 1 aromatic heterocycles. The van der Waals surface area contributed by atoms with Crippen LogP contribution in [0.15, 0.2) is 39.1 Å². The number of carbonyl (C=O) groups excluding carboxylic acids is 1. The minimum atomic E-state index is -0.605. The third-order valence-corrected chi connectivity index (χ3v) is 6.95. The van der Waals surface area contributed by atoms with Crippen LogP contribution in [-0.4, -0.2) is 17.0 Å². The van der Waals surface area contributed by atoms with Gasteiger partial charge in [0.15, 0.2) is 5.78 Å². The lowest BCUT2D eigenvalue weighted by atomic mass is 9.55. The van der Waals surface area contributed by atoms with E-state index in [1.165, 1.54) is 6.07 Å². The molecule has 152 valence electrons. The summed E-state index contributed by atoms with van der Waals surface area (Å²) < 4.78 is 18.5. The fourth-order valence-electron chi connectivity index (χ4n) is 5.79. The van der Waals surface area contributed by atoms with Crippen LogP contribution in [0.4, 0.5) is 0 Å². The normalized spacial score (nSPS) is 30.9. The largest absolute Gasteiger partial charge is 0.487 e. The molecule has 0 saturated heterocycles. The fraction of sp³-hybridized carbons (Fsp3) is 0.500. The topological polar surface area (TPSA) is 65.7 Å². The molecule has 1 saturated carbocycles. The average Bonchev–Trinajstić information content (AvgIpc) is 2.58. The van der Waals surface area contributed by atoms with E-state index < -0.39 is 16.8 Å². The summed E-state index contributed by atoms with van der Waals surface area (Å²) in [7, 11) is 0. The van der Waals surface area contributed by atoms with Crippen molar-refractivity contribution >= 4 is 16.8 Å². The molecule has 5 heteroatoms. The van der Waals surface area contributed by atoms with Gasteiger partial charge in [0.1, 0.15) is 28.3 Å². The molecule has 0 amide bonds. The summed E-state index contributed by atoms with van der Waals surface area (Å²) in [5.74, 6) is 1.44. The van der Waals surface area contributed by atoms with Crippen LogP contribution in [0.1, 0.15) is 58.9 Å². The predicted molar refractivity (Wildman–Crippen MR) is 110 cm³/mol. The highest BCUT2D eigenvalue weighted by Gasteiger charge is 2.61. The van der Waals surface area contributed by atoms with E-state index in [1.807, 2.05) is 20.8 Å². The number of hydrogen-bond donors (Lipinski definition) is 0. The van der Waals surface area contributed by atoms with Gasteiger partial charge in [-0.05, 0) is 59.6 Å². The quantitative estimate of drug-likeness (QED) is 0.543. The van der Waals surface area contributed by atoms with Crippen LogP contribution in [0.2, 0.25) is 0 Å². The number of ether oxygens (including phenoxy) is 2. The monoisotopic (exact) mass is 394 g/mol. The number of rotatable bonds is 2. The highest BCUT2D eigenvalue weighted by Crippen LogP contribution is 2.64. The molecule has 1 fully saturated rings. The van der Waals surface area contributed by atoms with Crippen molar-refractivity contribution in [2.45, 2.75) is 64.6 Å². The molecule has 0 radical (unpaired) electrons. The summed E-state index contributed by atoms with van der Waals surface area (Å²) in [6, 6.07) is 4.96. The molecular formula is C24H26O5. The third-order valence-electron chi connectivity index (χ3n) is 6.95. The van der Waals surface area contributed by atoms with Gasteiger partial charge in [-0.15, -0.1) is 0 Å². The maximum Gasteiger partial charge on any atom is 0.336 e. The molecule has 3 aliphatic rings. The van der Waals surface area contributed by atoms with Gasteiger partial charge in [-0.3, -0.25) is 4.79 Å². The number of benzene rings is 1. The Kier molecular flexibility index (Phi) is 3.66. The highest BCUT2D eigenvalue weighted by molar-refractivity contribution is 5.96. The molecule has 0 unspecified atom stereocenters. The Balaban J connectivity index is 1.84. The van der Waals surface area contributed by atoms with Crippen molar-refractivity contribution in [3.63, 3.8) is 0 Å². The first-order chi connectivity index (χ1) is 13.6. The van der Waals surface area contributed by atoms with Crippen LogP contribution in [0, 0.1) is 11.8 Å². The van der Waals surface area contributed by atoms with Crippen LogP contribution >= 0.6 is 0 Å². The van der Waals surface area contributed by atoms with Crippen molar-refractivity contribution in [1.29, 1.82) is 0 Å². The van der Waals surface area contributed by atoms with Gasteiger partial charge in [0.05, 0.1) is 11.3 Å². The molecule has 2 aliphatic heterocycles. The third kappa shape index (κ3) is 2.52. The van der Waals surface area contributed by atoms with Crippen molar-refractivity contribution in [2.24, 2.45) is 11.8 Å². The first-order valence-electron chi connectivity index (χ1n) is 10.3. The lowest BCUT2D eigenvalue weighted by Crippen LogP contribution is -2.60. The lowest BCUT2D eigenvalue weighted by molar-refractivity contribution is -0.143. The molecular weight excluding hydrogens is 368 g/mol. The van der Waals surface area contributed by atoms with Crippen LogP contribution < -0.4 is 15.1 Å². The van der Waals surface area contributed by atoms with Crippen molar-refractivity contribution in [2.75, 3.05) is 0 Å². The highest BCUT2D eigenvalue weighted by atomic mass is 16.5. The van der Waals surface area contributed by atoms with E-state index in [0.29, 0.717) is 17.1 Å². The Morgan fingerprint density at radius 3 is 2.66 bits per heavy atom. The van der Waals surface area contributed by atoms with Gasteiger partial charge in [-0.1, -0.05) is 5.57 Å². The Morgan fingerprint density at radius 1 is 1.17 bits per heavy atom. The summed E-state index contributed by atoms with van der Waals surface area (Å²) in [6.07, 6.45) is 3.46. The second-order valence-electron chi connectivity index (χ2n) is 9.68. The summed E-state index contributed by atoms with van der Waals surface area (Å²) >= 11 is 0. The zero-order valence-corrected chi connectivity index (χ0v) is 17.5. The minimum Gasteiger partial charge on any atom is -0.487 e. The van der Waals surface area contributed by atoms with Gasteiger partial charge in [-0.25, -0.2) is 4.79 Å². The Morgan fingerprint density at radius 2 is 1.93 bits per heavy atom. The van der Waals surface area contributed by atoms with E-state index in [2.05, 4.69) is 13.8 Å². The molecule has 3 heterocycles. The van der Waals surface area contributed by atoms with Gasteiger partial charge in [0.25, 0.3) is 0 Å². The van der Waals surface area contributed by atoms with Crippen molar-refractivity contribution in [3.05, 3.63) is 45.8 Å². The van der Waals surface area contributed by atoms with E-state index in [0.717, 1.165) is 29.4 Å². The second-order valence-corrected chi connectivity index (χ2v) is 9.68. The molecule has 4 atom stereocenters. The molecule has 1 aromatic carbocycles. The number of allylic oxidation sites excluding steroid dienone is 2. The number of hydrogen-bond acceptors (Lipinski definition) is 5. The van der Waals surface area contributed by atoms with E-state index in [4.69, 9.17) is 13.9 Å². The predicted octanol–water partition coefficient (Wildman–Crippen LogP) is 4.76. The maximum absolute atomic E-state index is 13.4. The Labute approximate surface area is 169 Å². The minimum absolute atomic E-state index is 0.00989. The fourth-order valence-corrected chi connectivity index (χ4v) is 5.79. The first kappa shape index (κ1) is 18.5. The molecule has 5 rings (SSSR count). The molecule has 2 aromatic rings. The summed E-state index contributed by atoms with van der Waals surface area (Å²) in [5.41, 5.74) is 0.958. The van der Waals surface area contributed by atoms with E-state index in [9.17, 15) is 9.59 Å². The molecule has 29 heavy (non-hydrogen) atoms. The zero-order valence-electron chi connectivity index (χ0n) is 17.5. The van der Waals surface area contributed by atoms with Gasteiger partial charge in [0, 0.05) is 29.5 Å². The molecule has 5 nitrogen and oxygen atoms in total. The smallest absolute Gasteiger partial charge is 0.336 e. The van der Waals surface area contributed by atoms with Gasteiger partial charge in [0.2, 0.25) is 0 Å². The van der Waals surface area contributed by atoms with Gasteiger partial charge < -0.3 is 13.9 Å². The SMILES string of the molecule is CC(C)=CC(=O)[C@@H]1[C@H]2c3c4cc5oc(=O)ccc5c3O[C@@]1(C)CC[C@H]2C(C)(C)O4. The summed E-state index contributed by atoms with van der Waals surface area (Å²) in [6.45, 7) is 10.1. The van der Waals surface area contributed by atoms with Gasteiger partial charge in [-0.2, -0.15) is 0 Å². The van der Waals surface area contributed by atoms with Crippen LogP contribution in [0.5, 0.6) is 11.5 Å². The van der Waals surface area contributed by atoms with Crippen molar-refractivity contribution < 1.29 is 18.7 Å². The number of fused-ring (bicyclic) bond motifs is 3. The maximum atomic E-state index is 13.4. The van der Waals surface area contributed by atoms with E-state index >= 15 is 0 Å². The van der Waals surface area contributed by atoms with Crippen LogP contribution in [0.3, 0.4) is 0 Å². The Hall–Kier alpha value is -2.56. The zero-order chi connectivity index (χ0) is 20.7. The van der Waals surface area contributed by atoms with E-state index in [-0.39, 0.29) is 23.5 Å². The Bertz CT molecular complexity index is 1130. The second kappa shape index (κ2) is 5.74. The molecule has 2 bridgehead atoms. The van der Waals surface area contributed by atoms with Gasteiger partial charge >= 0.3 is 5.63 Å². The number of carbonyl (C=O) groups is 1. The van der Waals surface area contributed by atoms with Crippen molar-refractivity contribution in [1.82, 2.24) is 0 Å². The molecule has 0 N–H and O–H groups in total. The first-order valence-corrected chi connectivity index (χ1v) is 10.3. The molecule has 0 spiro atoms. The van der Waals surface area contributed by atoms with E-state index in [1.54, 1.807) is 18.2 Å². The van der Waals surface area contributed by atoms with Crippen LogP contribution in [-0.2, 0) is 4.79 Å². The summed E-state index contributed by atoms with van der Waals surface area (Å²) in [4.78, 5) is 25.2. The van der Waals surface area contributed by atoms with Crippen LogP contribution in [0.25, 0.3) is 11.0 Å². The summed E-state index contributed by atoms with van der Waals surface area (Å²) in [5, 5.41) is 0.761. The standard InChI is InChI=1S/C24H26O5/c1-12(2)10-15(25)21-19-14-8-9-24(21,5)29-22-13-6-7-18(26)27-16(13)11-17(20(19)22)28-23(14,3)4/h6-7,10-11,14,19,21H,8-9H2,1-5H3/t14-,19-,21-,24+/m1/s1.